The first-order valence-electron chi connectivity index (χ1n) is 7.90. The molecule has 0 N–H and O–H groups in total. The minimum atomic E-state index is 0.0183. The van der Waals surface area contributed by atoms with Crippen LogP contribution in [-0.2, 0) is 0 Å². The van der Waals surface area contributed by atoms with Crippen molar-refractivity contribution in [3.63, 3.8) is 0 Å². The smallest absolute Gasteiger partial charge is 0.000553 e. The molecule has 0 saturated heterocycles. The molecule has 116 valence electrons. The Morgan fingerprint density at radius 3 is 1.21 bits per heavy atom. The molecule has 0 aliphatic heterocycles. The van der Waals surface area contributed by atoms with Gasteiger partial charge in [0.05, 0.1) is 0 Å². The van der Waals surface area contributed by atoms with Crippen LogP contribution in [0.2, 0.25) is 0 Å². The van der Waals surface area contributed by atoms with Crippen LogP contribution in [0, 0.1) is 0 Å². The molecule has 1 unspecified atom stereocenters. The van der Waals surface area contributed by atoms with Gasteiger partial charge in [-0.05, 0) is 28.1 Å². The summed E-state index contributed by atoms with van der Waals surface area (Å²) in [4.78, 5) is 0. The van der Waals surface area contributed by atoms with Crippen molar-refractivity contribution in [3.8, 4) is 0 Å². The largest absolute Gasteiger partial charge is 0.0938 e. The van der Waals surface area contributed by atoms with E-state index in [0.717, 1.165) is 16.7 Å². The summed E-state index contributed by atoms with van der Waals surface area (Å²) in [6.45, 7) is 27.1. The maximum absolute atomic E-state index is 2.47. The maximum Gasteiger partial charge on any atom is 0.000553 e. The van der Waals surface area contributed by atoms with Gasteiger partial charge >= 0.3 is 0 Å². The van der Waals surface area contributed by atoms with Gasteiger partial charge in [-0.15, -0.1) is 0 Å². The molecule has 0 fully saturated rings. The number of hydrogen-bond acceptors (Lipinski definition) is 0. The molecule has 0 aromatic carbocycles. The molecule has 0 nitrogen and oxygen atoms in total. The van der Waals surface area contributed by atoms with Crippen molar-refractivity contribution in [2.45, 2.75) is 110 Å². The van der Waals surface area contributed by atoms with E-state index in [2.05, 4.69) is 76.2 Å². The van der Waals surface area contributed by atoms with Gasteiger partial charge in [-0.1, -0.05) is 92.0 Å². The summed E-state index contributed by atoms with van der Waals surface area (Å²) < 4.78 is 0. The maximum atomic E-state index is 2.47. The van der Waals surface area contributed by atoms with Gasteiger partial charge in [0.25, 0.3) is 0 Å². The van der Waals surface area contributed by atoms with Gasteiger partial charge in [0, 0.05) is 5.40 Å². The minimum Gasteiger partial charge on any atom is -0.0938 e. The first-order valence-corrected chi connectivity index (χ1v) is 10.9. The minimum absolute atomic E-state index is 0.0183. The van der Waals surface area contributed by atoms with E-state index in [4.69, 9.17) is 0 Å². The normalized spacial score (nSPS) is 15.9. The third kappa shape index (κ3) is 5.63. The Balaban J connectivity index is 5.60. The third-order valence-electron chi connectivity index (χ3n) is 3.65. The van der Waals surface area contributed by atoms with Crippen molar-refractivity contribution < 1.29 is 0 Å². The molecule has 0 aromatic heterocycles. The molecule has 19 heavy (non-hydrogen) atoms. The zero-order valence-corrected chi connectivity index (χ0v) is 17.1. The van der Waals surface area contributed by atoms with Crippen LogP contribution in [0.15, 0.2) is 0 Å². The predicted molar refractivity (Wildman–Crippen MR) is 97.7 cm³/mol. The molecule has 0 saturated carbocycles. The topological polar surface area (TPSA) is 0 Å². The van der Waals surface area contributed by atoms with Gasteiger partial charge in [0.1, 0.15) is 0 Å². The Morgan fingerprint density at radius 2 is 1.05 bits per heavy atom. The van der Waals surface area contributed by atoms with Crippen molar-refractivity contribution in [1.29, 1.82) is 0 Å². The second-order valence-corrected chi connectivity index (χ2v) is 16.3. The van der Waals surface area contributed by atoms with E-state index >= 15 is 0 Å². The van der Waals surface area contributed by atoms with E-state index in [1.165, 1.54) is 6.42 Å². The zero-order valence-electron chi connectivity index (χ0n) is 15.3. The number of rotatable bonds is 5. The van der Waals surface area contributed by atoms with Crippen LogP contribution in [0.5, 0.6) is 0 Å². The van der Waals surface area contributed by atoms with Gasteiger partial charge in [0.2, 0.25) is 0 Å². The highest BCUT2D eigenvalue weighted by Crippen LogP contribution is 2.73. The van der Waals surface area contributed by atoms with Crippen LogP contribution in [0.25, 0.3) is 0 Å². The Kier molecular flexibility index (Phi) is 7.55. The summed E-state index contributed by atoms with van der Waals surface area (Å²) in [5.41, 5.74) is 1.71. The lowest BCUT2D eigenvalue weighted by Gasteiger charge is -2.50. The second-order valence-electron chi connectivity index (χ2n) is 8.24. The average molecular weight is 304 g/mol. The molecule has 0 amide bonds. The van der Waals surface area contributed by atoms with Crippen LogP contribution in [-0.4, -0.2) is 27.0 Å². The van der Waals surface area contributed by atoms with Crippen molar-refractivity contribution in [1.82, 2.24) is 0 Å². The first kappa shape index (κ1) is 19.9. The fraction of sp³-hybridized carbons (Fsp3) is 1.00. The summed E-state index contributed by atoms with van der Waals surface area (Å²) in [5.74, 6) is 0. The van der Waals surface area contributed by atoms with Crippen LogP contribution >= 0.6 is 15.8 Å². The van der Waals surface area contributed by atoms with Gasteiger partial charge in [-0.2, -0.15) is 0 Å². The van der Waals surface area contributed by atoms with Crippen molar-refractivity contribution >= 4 is 15.8 Å². The molecule has 0 aliphatic rings. The lowest BCUT2D eigenvalue weighted by atomic mass is 10.2. The standard InChI is InChI=1S/C17H38P2/c1-12-15(18(13(2)3)14(4)5)19(16(6,7)8)17(9,10)11/h13-15H,12H2,1-11H3. The molecule has 0 radical (unpaired) electrons. The fourth-order valence-corrected chi connectivity index (χ4v) is 15.6. The molecule has 2 heteroatoms. The molecule has 0 heterocycles. The summed E-state index contributed by atoms with van der Waals surface area (Å²) in [6, 6.07) is 0. The highest BCUT2D eigenvalue weighted by atomic mass is 31.2. The molecule has 0 spiro atoms. The Morgan fingerprint density at radius 1 is 0.737 bits per heavy atom. The van der Waals surface area contributed by atoms with Gasteiger partial charge in [0.15, 0.2) is 0 Å². The van der Waals surface area contributed by atoms with Gasteiger partial charge in [-0.25, -0.2) is 0 Å². The number of hydrogen-bond donors (Lipinski definition) is 0. The highest BCUT2D eigenvalue weighted by molar-refractivity contribution is 7.77. The molecular formula is C17H38P2. The van der Waals surface area contributed by atoms with E-state index in [9.17, 15) is 0 Å². The second kappa shape index (κ2) is 7.22. The van der Waals surface area contributed by atoms with Gasteiger partial charge in [-0.3, -0.25) is 0 Å². The molecular weight excluding hydrogens is 266 g/mol. The van der Waals surface area contributed by atoms with Crippen LogP contribution < -0.4 is 0 Å². The lowest BCUT2D eigenvalue weighted by Crippen LogP contribution is -2.32. The summed E-state index contributed by atoms with van der Waals surface area (Å²) in [7, 11) is 0.137. The van der Waals surface area contributed by atoms with E-state index < -0.39 is 0 Å². The zero-order chi connectivity index (χ0) is 15.6. The molecule has 0 aliphatic carbocycles. The Labute approximate surface area is 126 Å². The van der Waals surface area contributed by atoms with Crippen molar-refractivity contribution in [2.24, 2.45) is 0 Å². The van der Waals surface area contributed by atoms with E-state index in [1.807, 2.05) is 0 Å². The Bertz CT molecular complexity index is 233. The van der Waals surface area contributed by atoms with Crippen LogP contribution in [0.1, 0.15) is 82.6 Å². The molecule has 0 rings (SSSR count). The average Bonchev–Trinajstić information content (AvgIpc) is 2.10. The van der Waals surface area contributed by atoms with Crippen LogP contribution in [0.4, 0.5) is 0 Å². The van der Waals surface area contributed by atoms with E-state index in [-0.39, 0.29) is 15.8 Å². The summed E-state index contributed by atoms with van der Waals surface area (Å²) in [5, 5.41) is 1.86. The fourth-order valence-electron chi connectivity index (χ4n) is 3.71. The first-order chi connectivity index (χ1) is 8.34. The molecule has 0 bridgehead atoms. The van der Waals surface area contributed by atoms with Crippen LogP contribution in [0.3, 0.4) is 0 Å². The SMILES string of the molecule is CCC(P(C(C)C)C(C)C)P(C(C)(C)C)C(C)(C)C. The monoisotopic (exact) mass is 304 g/mol. The van der Waals surface area contributed by atoms with Gasteiger partial charge < -0.3 is 0 Å². The van der Waals surface area contributed by atoms with Crippen molar-refractivity contribution in [3.05, 3.63) is 0 Å². The highest BCUT2D eigenvalue weighted by Gasteiger charge is 2.43. The van der Waals surface area contributed by atoms with E-state index in [0.29, 0.717) is 10.3 Å². The van der Waals surface area contributed by atoms with E-state index in [1.54, 1.807) is 0 Å². The lowest BCUT2D eigenvalue weighted by molar-refractivity contribution is 0.694. The van der Waals surface area contributed by atoms with Crippen molar-refractivity contribution in [2.75, 3.05) is 0 Å². The molecule has 0 aromatic rings. The summed E-state index contributed by atoms with van der Waals surface area (Å²) >= 11 is 0. The Hall–Kier alpha value is 0.860. The third-order valence-corrected chi connectivity index (χ3v) is 12.4. The predicted octanol–water partition coefficient (Wildman–Crippen LogP) is 7.10. The summed E-state index contributed by atoms with van der Waals surface area (Å²) in [6.07, 6.45) is 1.36. The molecule has 1 atom stereocenters. The quantitative estimate of drug-likeness (QED) is 0.475.